The van der Waals surface area contributed by atoms with Crippen LogP contribution in [0.25, 0.3) is 22.3 Å². The number of hydrogen-bond donors (Lipinski definition) is 4. The zero-order valence-electron chi connectivity index (χ0n) is 29.3. The van der Waals surface area contributed by atoms with Gasteiger partial charge in [0.05, 0.1) is 29.0 Å². The lowest BCUT2D eigenvalue weighted by Gasteiger charge is -2.33. The third kappa shape index (κ3) is 7.13. The lowest BCUT2D eigenvalue weighted by molar-refractivity contribution is -0.172. The first-order valence-electron chi connectivity index (χ1n) is 17.6. The number of carbonyl (C=O) groups is 3. The first-order chi connectivity index (χ1) is 24.6. The van der Waals surface area contributed by atoms with Crippen molar-refractivity contribution in [2.45, 2.75) is 77.2 Å². The molecule has 1 fully saturated rings. The summed E-state index contributed by atoms with van der Waals surface area (Å²) in [6.45, 7) is 10.2. The molecule has 5 heterocycles. The Balaban J connectivity index is 1.36. The van der Waals surface area contributed by atoms with Crippen LogP contribution in [0.4, 0.5) is 4.79 Å². The van der Waals surface area contributed by atoms with Crippen LogP contribution in [0.15, 0.2) is 35.6 Å². The van der Waals surface area contributed by atoms with Crippen LogP contribution < -0.4 is 21.1 Å². The van der Waals surface area contributed by atoms with Crippen LogP contribution >= 0.6 is 0 Å². The van der Waals surface area contributed by atoms with Crippen molar-refractivity contribution in [3.05, 3.63) is 69.0 Å². The number of amides is 2. The highest BCUT2D eigenvalue weighted by molar-refractivity contribution is 5.93. The minimum atomic E-state index is -1.92. The van der Waals surface area contributed by atoms with Crippen molar-refractivity contribution in [1.29, 1.82) is 0 Å². The first-order valence-corrected chi connectivity index (χ1v) is 17.6. The summed E-state index contributed by atoms with van der Waals surface area (Å²) in [6, 6.07) is 5.27. The molecule has 3 aromatic rings. The summed E-state index contributed by atoms with van der Waals surface area (Å²) < 4.78 is 12.8. The van der Waals surface area contributed by atoms with Gasteiger partial charge in [-0.1, -0.05) is 25.8 Å². The predicted octanol–water partition coefficient (Wildman–Crippen LogP) is 3.10. The van der Waals surface area contributed by atoms with E-state index in [0.717, 1.165) is 61.1 Å². The minimum absolute atomic E-state index is 0.0567. The monoisotopic (exact) mass is 702 g/mol. The number of cyclic esters (lactones) is 1. The molecule has 1 saturated heterocycles. The van der Waals surface area contributed by atoms with Gasteiger partial charge >= 0.3 is 12.1 Å². The number of rotatable bonds is 13. The molecule has 2 aromatic heterocycles. The Labute approximate surface area is 296 Å². The average molecular weight is 703 g/mol. The number of fused-ring (bicyclic) bond motifs is 5. The molecule has 3 aliphatic heterocycles. The second-order valence-electron chi connectivity index (χ2n) is 13.5. The van der Waals surface area contributed by atoms with Crippen molar-refractivity contribution in [2.75, 3.05) is 39.8 Å². The molecule has 0 unspecified atom stereocenters. The van der Waals surface area contributed by atoms with Gasteiger partial charge in [-0.3, -0.25) is 19.7 Å². The zero-order valence-corrected chi connectivity index (χ0v) is 29.3. The molecule has 0 spiro atoms. The molecule has 2 amide bonds. The van der Waals surface area contributed by atoms with Crippen LogP contribution in [0.3, 0.4) is 0 Å². The molecule has 1 atom stereocenters. The van der Waals surface area contributed by atoms with E-state index >= 15 is 0 Å². The third-order valence-electron chi connectivity index (χ3n) is 10.3. The SMILES string of the molecule is C=CCc1c(OC(=O)NCCCCCCC(=O)NO)ccc2nc3c(c(CN4CCN(C)CC4)c12)Cn1c-3cc2c(c1=O)COC(=O)[C@]2(O)CC. The molecule has 0 bridgehead atoms. The second-order valence-corrected chi connectivity index (χ2v) is 13.5. The number of ether oxygens (including phenoxy) is 2. The minimum Gasteiger partial charge on any atom is -0.458 e. The van der Waals surface area contributed by atoms with Gasteiger partial charge in [-0.15, -0.1) is 6.58 Å². The van der Waals surface area contributed by atoms with E-state index in [2.05, 4.69) is 28.7 Å². The smallest absolute Gasteiger partial charge is 0.412 e. The number of hydroxylamine groups is 1. The van der Waals surface area contributed by atoms with Gasteiger partial charge in [0, 0.05) is 67.8 Å². The number of nitrogens with zero attached hydrogens (tertiary/aromatic N) is 4. The van der Waals surface area contributed by atoms with Crippen LogP contribution in [0.1, 0.15) is 73.3 Å². The number of aliphatic hydroxyl groups is 1. The van der Waals surface area contributed by atoms with Gasteiger partial charge < -0.3 is 29.4 Å². The molecule has 1 aromatic carbocycles. The molecule has 6 rings (SSSR count). The number of aromatic nitrogens is 2. The number of benzene rings is 1. The van der Waals surface area contributed by atoms with Gasteiger partial charge in [0.15, 0.2) is 5.60 Å². The van der Waals surface area contributed by atoms with Crippen molar-refractivity contribution < 1.29 is 34.2 Å². The van der Waals surface area contributed by atoms with E-state index in [-0.39, 0.29) is 42.7 Å². The molecule has 14 heteroatoms. The maximum Gasteiger partial charge on any atom is 0.412 e. The van der Waals surface area contributed by atoms with Gasteiger partial charge in [-0.05, 0) is 56.5 Å². The Morgan fingerprint density at radius 2 is 1.86 bits per heavy atom. The lowest BCUT2D eigenvalue weighted by Crippen LogP contribution is -2.44. The maximum atomic E-state index is 14.0. The maximum absolute atomic E-state index is 14.0. The number of piperazine rings is 1. The largest absolute Gasteiger partial charge is 0.458 e. The summed E-state index contributed by atoms with van der Waals surface area (Å²) in [5.41, 5.74) is 4.37. The summed E-state index contributed by atoms with van der Waals surface area (Å²) in [5, 5.41) is 23.6. The van der Waals surface area contributed by atoms with Crippen LogP contribution in [0.5, 0.6) is 5.75 Å². The number of carbonyl (C=O) groups excluding carboxylic acids is 3. The fourth-order valence-corrected chi connectivity index (χ4v) is 7.31. The number of nitrogens with one attached hydrogen (secondary N) is 2. The van der Waals surface area contributed by atoms with Crippen LogP contribution in [0, 0.1) is 0 Å². The molecular formula is C37H46N6O8. The molecule has 3 aliphatic rings. The lowest BCUT2D eigenvalue weighted by atomic mass is 9.86. The van der Waals surface area contributed by atoms with Gasteiger partial charge in [-0.2, -0.15) is 0 Å². The molecule has 0 radical (unpaired) electrons. The predicted molar refractivity (Wildman–Crippen MR) is 188 cm³/mol. The standard InChI is InChI=1S/C37H46N6O8/c1-4-10-23-30(51-36(47)38-14-9-7-6-8-11-31(44)40-49)13-12-28-32(23)24(20-42-17-15-41(3)16-18-42)25-21-43-29(33(25)39-28)19-27-26(34(43)45)22-50-35(46)37(27,48)5-2/h4,12-13,19,48-49H,1,5-11,14-18,20-22H2,2-3H3,(H,38,47)(H,40,44)/t37-/m0/s1. The summed E-state index contributed by atoms with van der Waals surface area (Å²) in [4.78, 5) is 60.6. The van der Waals surface area contributed by atoms with Crippen molar-refractivity contribution >= 4 is 28.9 Å². The molecule has 4 N–H and O–H groups in total. The molecule has 51 heavy (non-hydrogen) atoms. The van der Waals surface area contributed by atoms with Crippen molar-refractivity contribution in [2.24, 2.45) is 0 Å². The van der Waals surface area contributed by atoms with Crippen molar-refractivity contribution in [1.82, 2.24) is 30.1 Å². The zero-order chi connectivity index (χ0) is 36.3. The average Bonchev–Trinajstić information content (AvgIpc) is 3.50. The van der Waals surface area contributed by atoms with Crippen molar-refractivity contribution in [3.63, 3.8) is 0 Å². The topological polar surface area (TPSA) is 176 Å². The number of unbranched alkanes of at least 4 members (excludes halogenated alkanes) is 3. The number of esters is 1. The second kappa shape index (κ2) is 15.3. The van der Waals surface area contributed by atoms with E-state index in [9.17, 15) is 24.3 Å². The number of pyridine rings is 2. The Bertz CT molecular complexity index is 1920. The number of likely N-dealkylation sites (N-methyl/N-ethyl adjacent to an activating group) is 1. The van der Waals surface area contributed by atoms with Gasteiger partial charge in [0.1, 0.15) is 12.4 Å². The fourth-order valence-electron chi connectivity index (χ4n) is 7.31. The molecule has 14 nitrogen and oxygen atoms in total. The number of hydrogen-bond acceptors (Lipinski definition) is 11. The third-order valence-corrected chi connectivity index (χ3v) is 10.3. The van der Waals surface area contributed by atoms with Gasteiger partial charge in [0.2, 0.25) is 5.91 Å². The summed E-state index contributed by atoms with van der Waals surface area (Å²) in [5.74, 6) is -0.787. The Hall–Kier alpha value is -4.63. The molecule has 0 saturated carbocycles. The quantitative estimate of drug-likeness (QED) is 0.0530. The molecule has 0 aliphatic carbocycles. The van der Waals surface area contributed by atoms with E-state index in [1.54, 1.807) is 35.2 Å². The van der Waals surface area contributed by atoms with E-state index in [0.29, 0.717) is 55.0 Å². The summed E-state index contributed by atoms with van der Waals surface area (Å²) in [7, 11) is 2.10. The summed E-state index contributed by atoms with van der Waals surface area (Å²) >= 11 is 0. The Morgan fingerprint density at radius 3 is 2.59 bits per heavy atom. The van der Waals surface area contributed by atoms with Crippen LogP contribution in [0.2, 0.25) is 0 Å². The highest BCUT2D eigenvalue weighted by Crippen LogP contribution is 2.42. The normalized spacial score (nSPS) is 18.5. The Kier molecular flexibility index (Phi) is 10.9. The summed E-state index contributed by atoms with van der Waals surface area (Å²) in [6.07, 6.45) is 4.83. The van der Waals surface area contributed by atoms with Crippen LogP contribution in [-0.4, -0.2) is 87.4 Å². The van der Waals surface area contributed by atoms with Gasteiger partial charge in [-0.25, -0.2) is 20.1 Å². The van der Waals surface area contributed by atoms with Crippen molar-refractivity contribution in [3.8, 4) is 17.1 Å². The highest BCUT2D eigenvalue weighted by Gasteiger charge is 2.45. The highest BCUT2D eigenvalue weighted by atomic mass is 16.6. The molecular weight excluding hydrogens is 656 g/mol. The van der Waals surface area contributed by atoms with E-state index in [4.69, 9.17) is 19.7 Å². The van der Waals surface area contributed by atoms with E-state index in [1.807, 2.05) is 6.07 Å². The molecule has 272 valence electrons. The fraction of sp³-hybridized carbons (Fsp3) is 0.486. The van der Waals surface area contributed by atoms with Gasteiger partial charge in [0.25, 0.3) is 5.56 Å². The van der Waals surface area contributed by atoms with Crippen LogP contribution in [-0.2, 0) is 46.0 Å². The number of allylic oxidation sites excluding steroid dienone is 1. The Morgan fingerprint density at radius 1 is 1.10 bits per heavy atom. The first kappa shape index (κ1) is 36.2. The van der Waals surface area contributed by atoms with E-state index in [1.165, 1.54) is 0 Å². The van der Waals surface area contributed by atoms with E-state index < -0.39 is 23.6 Å².